The number of hydrogen-bond donors (Lipinski definition) is 2. The van der Waals surface area contributed by atoms with Crippen LogP contribution >= 0.6 is 0 Å². The molecular weight excluding hydrogens is 344 g/mol. The molecule has 6 heteroatoms. The van der Waals surface area contributed by atoms with Crippen LogP contribution in [0.3, 0.4) is 0 Å². The Balaban J connectivity index is 1.34. The van der Waals surface area contributed by atoms with Gasteiger partial charge in [0.2, 0.25) is 6.79 Å². The van der Waals surface area contributed by atoms with Gasteiger partial charge in [-0.2, -0.15) is 0 Å². The third-order valence-corrected chi connectivity index (χ3v) is 5.19. The minimum atomic E-state index is -0.134. The summed E-state index contributed by atoms with van der Waals surface area (Å²) in [5.74, 6) is 2.65. The molecule has 2 N–H and O–H groups in total. The number of carbonyl (C=O) groups excluding carboxylic acids is 1. The normalized spacial score (nSPS) is 20.1. The molecule has 6 nitrogen and oxygen atoms in total. The molecule has 2 aliphatic rings. The number of carbonyl (C=O) groups is 1. The summed E-state index contributed by atoms with van der Waals surface area (Å²) in [7, 11) is 0. The number of fused-ring (bicyclic) bond motifs is 1. The number of nitrogens with one attached hydrogen (secondary N) is 2. The minimum Gasteiger partial charge on any atom is -0.492 e. The van der Waals surface area contributed by atoms with Crippen molar-refractivity contribution in [3.8, 4) is 17.2 Å². The Hall–Kier alpha value is -2.11. The van der Waals surface area contributed by atoms with Crippen LogP contribution in [0.4, 0.5) is 4.79 Å². The van der Waals surface area contributed by atoms with E-state index in [1.807, 2.05) is 12.1 Å². The van der Waals surface area contributed by atoms with Crippen molar-refractivity contribution in [3.05, 3.63) is 18.2 Å². The number of rotatable bonds is 6. The van der Waals surface area contributed by atoms with Gasteiger partial charge in [-0.05, 0) is 48.1 Å². The van der Waals surface area contributed by atoms with Crippen molar-refractivity contribution in [2.45, 2.75) is 47.0 Å². The van der Waals surface area contributed by atoms with E-state index in [2.05, 4.69) is 38.3 Å². The third-order valence-electron chi connectivity index (χ3n) is 5.19. The zero-order valence-electron chi connectivity index (χ0n) is 16.9. The van der Waals surface area contributed by atoms with Gasteiger partial charge in [-0.15, -0.1) is 0 Å². The van der Waals surface area contributed by atoms with Crippen LogP contribution in [0.15, 0.2) is 18.2 Å². The monoisotopic (exact) mass is 376 g/mol. The van der Waals surface area contributed by atoms with Gasteiger partial charge >= 0.3 is 6.03 Å². The lowest BCUT2D eigenvalue weighted by molar-refractivity contribution is 0.0683. The maximum absolute atomic E-state index is 12.1. The minimum absolute atomic E-state index is 0.134. The molecule has 0 atom stereocenters. The van der Waals surface area contributed by atoms with Crippen LogP contribution < -0.4 is 24.8 Å². The van der Waals surface area contributed by atoms with E-state index >= 15 is 0 Å². The molecule has 0 bridgehead atoms. The second-order valence-corrected chi connectivity index (χ2v) is 9.28. The summed E-state index contributed by atoms with van der Waals surface area (Å²) in [6.45, 7) is 11.1. The van der Waals surface area contributed by atoms with Gasteiger partial charge in [0.25, 0.3) is 0 Å². The Morgan fingerprint density at radius 3 is 2.56 bits per heavy atom. The second kappa shape index (κ2) is 7.87. The average Bonchev–Trinajstić information content (AvgIpc) is 3.02. The Labute approximate surface area is 161 Å². The van der Waals surface area contributed by atoms with E-state index in [0.29, 0.717) is 41.4 Å². The maximum Gasteiger partial charge on any atom is 0.314 e. The first kappa shape index (κ1) is 19.6. The van der Waals surface area contributed by atoms with Crippen molar-refractivity contribution < 1.29 is 19.0 Å². The smallest absolute Gasteiger partial charge is 0.314 e. The standard InChI is InChI=1S/C21H32N2O4/c1-20(2)10-15(11-21(3,4)13-20)12-23-19(24)22-7-8-25-16-5-6-17-18(9-16)27-14-26-17/h5-6,9,15H,7-8,10-14H2,1-4H3,(H2,22,23,24). The van der Waals surface area contributed by atoms with Crippen molar-refractivity contribution in [1.29, 1.82) is 0 Å². The van der Waals surface area contributed by atoms with E-state index in [1.165, 1.54) is 6.42 Å². The topological polar surface area (TPSA) is 68.8 Å². The van der Waals surface area contributed by atoms with Gasteiger partial charge in [0, 0.05) is 12.6 Å². The molecule has 0 saturated heterocycles. The van der Waals surface area contributed by atoms with Gasteiger partial charge in [0.05, 0.1) is 6.54 Å². The molecule has 1 aliphatic heterocycles. The fourth-order valence-electron chi connectivity index (χ4n) is 4.82. The molecule has 0 unspecified atom stereocenters. The molecule has 1 heterocycles. The fourth-order valence-corrected chi connectivity index (χ4v) is 4.82. The van der Waals surface area contributed by atoms with Crippen LogP contribution in [0.5, 0.6) is 17.2 Å². The molecule has 3 rings (SSSR count). The van der Waals surface area contributed by atoms with Crippen molar-refractivity contribution >= 4 is 6.03 Å². The maximum atomic E-state index is 12.1. The third kappa shape index (κ3) is 5.68. The van der Waals surface area contributed by atoms with E-state index in [9.17, 15) is 4.79 Å². The summed E-state index contributed by atoms with van der Waals surface area (Å²) >= 11 is 0. The first-order valence-electron chi connectivity index (χ1n) is 9.77. The predicted octanol–water partition coefficient (Wildman–Crippen LogP) is 3.95. The average molecular weight is 376 g/mol. The fraction of sp³-hybridized carbons (Fsp3) is 0.667. The van der Waals surface area contributed by atoms with Crippen LogP contribution in [0.1, 0.15) is 47.0 Å². The van der Waals surface area contributed by atoms with Gasteiger partial charge in [0.15, 0.2) is 11.5 Å². The zero-order chi connectivity index (χ0) is 19.5. The highest BCUT2D eigenvalue weighted by Crippen LogP contribution is 2.48. The quantitative estimate of drug-likeness (QED) is 0.738. The van der Waals surface area contributed by atoms with E-state index in [4.69, 9.17) is 14.2 Å². The number of benzene rings is 1. The van der Waals surface area contributed by atoms with Crippen LogP contribution in [0, 0.1) is 16.7 Å². The molecule has 0 radical (unpaired) electrons. The number of ether oxygens (including phenoxy) is 3. The molecule has 1 aromatic carbocycles. The summed E-state index contributed by atoms with van der Waals surface area (Å²) in [6.07, 6.45) is 3.55. The molecular formula is C21H32N2O4. The first-order chi connectivity index (χ1) is 12.7. The Morgan fingerprint density at radius 2 is 1.81 bits per heavy atom. The molecule has 0 aromatic heterocycles. The zero-order valence-corrected chi connectivity index (χ0v) is 16.9. The molecule has 1 aliphatic carbocycles. The molecule has 0 spiro atoms. The van der Waals surface area contributed by atoms with E-state index < -0.39 is 0 Å². The lowest BCUT2D eigenvalue weighted by Gasteiger charge is -2.45. The van der Waals surface area contributed by atoms with Crippen molar-refractivity contribution in [1.82, 2.24) is 10.6 Å². The second-order valence-electron chi connectivity index (χ2n) is 9.28. The summed E-state index contributed by atoms with van der Waals surface area (Å²) in [6, 6.07) is 5.32. The largest absolute Gasteiger partial charge is 0.492 e. The SMILES string of the molecule is CC1(C)CC(CNC(=O)NCCOc2ccc3c(c2)OCO3)CC(C)(C)C1. The van der Waals surface area contributed by atoms with Gasteiger partial charge in [-0.3, -0.25) is 0 Å². The Bertz CT molecular complexity index is 656. The van der Waals surface area contributed by atoms with Crippen molar-refractivity contribution in [2.24, 2.45) is 16.7 Å². The van der Waals surface area contributed by atoms with E-state index in [-0.39, 0.29) is 12.8 Å². The van der Waals surface area contributed by atoms with E-state index in [0.717, 1.165) is 25.1 Å². The summed E-state index contributed by atoms with van der Waals surface area (Å²) < 4.78 is 16.2. The molecule has 27 heavy (non-hydrogen) atoms. The lowest BCUT2D eigenvalue weighted by Crippen LogP contribution is -2.43. The summed E-state index contributed by atoms with van der Waals surface area (Å²) in [5.41, 5.74) is 0.673. The van der Waals surface area contributed by atoms with Crippen LogP contribution in [0.25, 0.3) is 0 Å². The number of hydrogen-bond acceptors (Lipinski definition) is 4. The van der Waals surface area contributed by atoms with E-state index in [1.54, 1.807) is 6.07 Å². The summed E-state index contributed by atoms with van der Waals surface area (Å²) in [5, 5.41) is 5.87. The lowest BCUT2D eigenvalue weighted by atomic mass is 9.61. The van der Waals surface area contributed by atoms with Gasteiger partial charge in [-0.1, -0.05) is 27.7 Å². The van der Waals surface area contributed by atoms with Crippen LogP contribution in [-0.4, -0.2) is 32.5 Å². The van der Waals surface area contributed by atoms with Gasteiger partial charge < -0.3 is 24.8 Å². The predicted molar refractivity (Wildman–Crippen MR) is 104 cm³/mol. The van der Waals surface area contributed by atoms with Crippen LogP contribution in [0.2, 0.25) is 0 Å². The Kier molecular flexibility index (Phi) is 5.72. The number of amides is 2. The highest BCUT2D eigenvalue weighted by Gasteiger charge is 2.38. The molecule has 1 aromatic rings. The first-order valence-corrected chi connectivity index (χ1v) is 9.77. The van der Waals surface area contributed by atoms with Crippen LogP contribution in [-0.2, 0) is 0 Å². The molecule has 2 amide bonds. The van der Waals surface area contributed by atoms with Gasteiger partial charge in [-0.25, -0.2) is 4.79 Å². The van der Waals surface area contributed by atoms with Gasteiger partial charge in [0.1, 0.15) is 12.4 Å². The number of urea groups is 1. The molecule has 150 valence electrons. The summed E-state index contributed by atoms with van der Waals surface area (Å²) in [4.78, 5) is 12.1. The van der Waals surface area contributed by atoms with Crippen molar-refractivity contribution in [2.75, 3.05) is 26.5 Å². The Morgan fingerprint density at radius 1 is 1.11 bits per heavy atom. The highest BCUT2D eigenvalue weighted by atomic mass is 16.7. The molecule has 1 fully saturated rings. The highest BCUT2D eigenvalue weighted by molar-refractivity contribution is 5.73. The molecule has 1 saturated carbocycles. The van der Waals surface area contributed by atoms with Crippen molar-refractivity contribution in [3.63, 3.8) is 0 Å².